The molecule has 1 saturated heterocycles. The number of nitrogens with two attached hydrogens (primary N) is 1. The quantitative estimate of drug-likeness (QED) is 0.896. The van der Waals surface area contributed by atoms with Crippen molar-refractivity contribution in [2.24, 2.45) is 5.73 Å². The summed E-state index contributed by atoms with van der Waals surface area (Å²) in [6.45, 7) is 6.07. The highest BCUT2D eigenvalue weighted by molar-refractivity contribution is 5.85. The van der Waals surface area contributed by atoms with Crippen LogP contribution >= 0.6 is 12.4 Å². The molecule has 0 saturated carbocycles. The van der Waals surface area contributed by atoms with E-state index < -0.39 is 6.04 Å². The van der Waals surface area contributed by atoms with E-state index in [0.717, 1.165) is 17.5 Å². The maximum absolute atomic E-state index is 12.5. The van der Waals surface area contributed by atoms with Crippen LogP contribution in [0.25, 0.3) is 0 Å². The van der Waals surface area contributed by atoms with Gasteiger partial charge in [0.05, 0.1) is 0 Å². The topological polar surface area (TPSA) is 66.6 Å². The van der Waals surface area contributed by atoms with Gasteiger partial charge in [0.25, 0.3) is 0 Å². The number of carbonyl (C=O) groups excluding carboxylic acids is 2. The average molecular weight is 326 g/mol. The zero-order valence-electron chi connectivity index (χ0n) is 13.1. The van der Waals surface area contributed by atoms with E-state index in [1.165, 1.54) is 0 Å². The van der Waals surface area contributed by atoms with Gasteiger partial charge < -0.3 is 15.5 Å². The summed E-state index contributed by atoms with van der Waals surface area (Å²) >= 11 is 0. The molecule has 122 valence electrons. The van der Waals surface area contributed by atoms with Crippen LogP contribution in [0.2, 0.25) is 0 Å². The summed E-state index contributed by atoms with van der Waals surface area (Å²) in [4.78, 5) is 27.5. The van der Waals surface area contributed by atoms with Gasteiger partial charge in [0.2, 0.25) is 11.8 Å². The summed E-state index contributed by atoms with van der Waals surface area (Å²) in [5, 5.41) is 0. The van der Waals surface area contributed by atoms with Crippen LogP contribution in [0.1, 0.15) is 30.5 Å². The lowest BCUT2D eigenvalue weighted by molar-refractivity contribution is -0.133. The largest absolute Gasteiger partial charge is 0.341 e. The van der Waals surface area contributed by atoms with Crippen molar-refractivity contribution in [1.29, 1.82) is 0 Å². The van der Waals surface area contributed by atoms with Gasteiger partial charge in [-0.3, -0.25) is 9.59 Å². The van der Waals surface area contributed by atoms with E-state index in [9.17, 15) is 9.59 Å². The zero-order valence-corrected chi connectivity index (χ0v) is 13.9. The molecule has 1 fully saturated rings. The third kappa shape index (κ3) is 4.45. The Balaban J connectivity index is 0.00000242. The van der Waals surface area contributed by atoms with Crippen molar-refractivity contribution in [3.05, 3.63) is 35.4 Å². The van der Waals surface area contributed by atoms with Gasteiger partial charge in [-0.2, -0.15) is 0 Å². The smallest absolute Gasteiger partial charge is 0.244 e. The van der Waals surface area contributed by atoms with Crippen molar-refractivity contribution in [3.8, 4) is 0 Å². The fourth-order valence-electron chi connectivity index (χ4n) is 2.57. The van der Waals surface area contributed by atoms with E-state index in [4.69, 9.17) is 5.73 Å². The third-order valence-electron chi connectivity index (χ3n) is 3.96. The number of amides is 2. The Bertz CT molecular complexity index is 519. The maximum atomic E-state index is 12.5. The molecule has 0 radical (unpaired) electrons. The highest BCUT2D eigenvalue weighted by Crippen LogP contribution is 2.15. The highest BCUT2D eigenvalue weighted by atomic mass is 35.5. The lowest BCUT2D eigenvalue weighted by atomic mass is 10.0. The molecule has 1 aromatic carbocycles. The summed E-state index contributed by atoms with van der Waals surface area (Å²) < 4.78 is 0. The van der Waals surface area contributed by atoms with Crippen LogP contribution in [0.4, 0.5) is 0 Å². The van der Waals surface area contributed by atoms with Crippen molar-refractivity contribution in [1.82, 2.24) is 9.80 Å². The second-order valence-corrected chi connectivity index (χ2v) is 5.57. The van der Waals surface area contributed by atoms with Crippen LogP contribution in [0.5, 0.6) is 0 Å². The summed E-state index contributed by atoms with van der Waals surface area (Å²) in [5.41, 5.74) is 8.07. The first-order chi connectivity index (χ1) is 9.99. The molecule has 2 amide bonds. The number of halogens is 1. The Morgan fingerprint density at radius 2 is 1.59 bits per heavy atom. The van der Waals surface area contributed by atoms with Crippen LogP contribution in [0, 0.1) is 6.92 Å². The average Bonchev–Trinajstić information content (AvgIpc) is 2.72. The van der Waals surface area contributed by atoms with E-state index in [0.29, 0.717) is 26.2 Å². The van der Waals surface area contributed by atoms with Crippen molar-refractivity contribution in [2.75, 3.05) is 26.2 Å². The summed E-state index contributed by atoms with van der Waals surface area (Å²) in [6.07, 6.45) is 0.798. The molecule has 1 aliphatic heterocycles. The number of hydrogen-bond acceptors (Lipinski definition) is 3. The number of nitrogens with zero attached hydrogens (tertiary/aromatic N) is 2. The molecule has 1 atom stereocenters. The Hall–Kier alpha value is -1.59. The first-order valence-electron chi connectivity index (χ1n) is 7.35. The second-order valence-electron chi connectivity index (χ2n) is 5.57. The van der Waals surface area contributed by atoms with E-state index in [2.05, 4.69) is 0 Å². The normalized spacial score (nSPS) is 16.5. The molecule has 1 heterocycles. The Morgan fingerprint density at radius 1 is 1.05 bits per heavy atom. The van der Waals surface area contributed by atoms with E-state index in [1.54, 1.807) is 16.7 Å². The van der Waals surface area contributed by atoms with Gasteiger partial charge in [-0.25, -0.2) is 0 Å². The Labute approximate surface area is 137 Å². The molecule has 1 unspecified atom stereocenters. The molecular formula is C16H24ClN3O2. The molecule has 5 nitrogen and oxygen atoms in total. The van der Waals surface area contributed by atoms with Crippen molar-refractivity contribution in [3.63, 3.8) is 0 Å². The number of aryl methyl sites for hydroxylation is 1. The molecule has 22 heavy (non-hydrogen) atoms. The molecule has 6 heteroatoms. The Kier molecular flexibility index (Phi) is 6.84. The summed E-state index contributed by atoms with van der Waals surface area (Å²) in [6, 6.07) is 7.09. The fourth-order valence-corrected chi connectivity index (χ4v) is 2.57. The molecule has 0 bridgehead atoms. The van der Waals surface area contributed by atoms with Crippen molar-refractivity contribution < 1.29 is 9.59 Å². The van der Waals surface area contributed by atoms with Crippen LogP contribution in [0.3, 0.4) is 0 Å². The molecule has 2 rings (SSSR count). The minimum atomic E-state index is -0.630. The van der Waals surface area contributed by atoms with E-state index >= 15 is 0 Å². The van der Waals surface area contributed by atoms with Gasteiger partial charge in [-0.15, -0.1) is 12.4 Å². The standard InChI is InChI=1S/C16H23N3O2.ClH/c1-12-4-6-14(7-5-12)15(17)16(21)19-9-3-8-18(10-11-19)13(2)20;/h4-7,15H,3,8-11,17H2,1-2H3;1H. The highest BCUT2D eigenvalue weighted by Gasteiger charge is 2.25. The number of benzene rings is 1. The number of rotatable bonds is 2. The van der Waals surface area contributed by atoms with Gasteiger partial charge in [0.1, 0.15) is 6.04 Å². The number of carbonyl (C=O) groups is 2. The van der Waals surface area contributed by atoms with E-state index in [1.807, 2.05) is 31.2 Å². The zero-order chi connectivity index (χ0) is 15.4. The molecule has 0 aliphatic carbocycles. The predicted molar refractivity (Wildman–Crippen MR) is 88.8 cm³/mol. The van der Waals surface area contributed by atoms with Crippen LogP contribution in [0.15, 0.2) is 24.3 Å². The van der Waals surface area contributed by atoms with Crippen molar-refractivity contribution in [2.45, 2.75) is 26.3 Å². The maximum Gasteiger partial charge on any atom is 0.244 e. The Morgan fingerprint density at radius 3 is 2.18 bits per heavy atom. The molecule has 0 spiro atoms. The fraction of sp³-hybridized carbons (Fsp3) is 0.500. The second kappa shape index (κ2) is 8.15. The van der Waals surface area contributed by atoms with Crippen LogP contribution in [-0.4, -0.2) is 47.8 Å². The molecule has 1 aromatic rings. The van der Waals surface area contributed by atoms with Gasteiger partial charge in [-0.1, -0.05) is 29.8 Å². The lowest BCUT2D eigenvalue weighted by Crippen LogP contribution is -2.41. The van der Waals surface area contributed by atoms with E-state index in [-0.39, 0.29) is 24.2 Å². The first kappa shape index (κ1) is 18.5. The summed E-state index contributed by atoms with van der Waals surface area (Å²) in [7, 11) is 0. The number of hydrogen-bond donors (Lipinski definition) is 1. The van der Waals surface area contributed by atoms with Gasteiger partial charge >= 0.3 is 0 Å². The SMILES string of the molecule is CC(=O)N1CCCN(C(=O)C(N)c2ccc(C)cc2)CC1.Cl. The van der Waals surface area contributed by atoms with Crippen LogP contribution < -0.4 is 5.73 Å². The van der Waals surface area contributed by atoms with Crippen molar-refractivity contribution >= 4 is 24.2 Å². The minimum Gasteiger partial charge on any atom is -0.341 e. The monoisotopic (exact) mass is 325 g/mol. The third-order valence-corrected chi connectivity index (χ3v) is 3.96. The molecular weight excluding hydrogens is 302 g/mol. The predicted octanol–water partition coefficient (Wildman–Crippen LogP) is 1.50. The van der Waals surface area contributed by atoms with Gasteiger partial charge in [0.15, 0.2) is 0 Å². The van der Waals surface area contributed by atoms with Gasteiger partial charge in [-0.05, 0) is 18.9 Å². The molecule has 0 aromatic heterocycles. The molecule has 1 aliphatic rings. The molecule has 2 N–H and O–H groups in total. The van der Waals surface area contributed by atoms with Gasteiger partial charge in [0, 0.05) is 33.1 Å². The van der Waals surface area contributed by atoms with Crippen LogP contribution in [-0.2, 0) is 9.59 Å². The minimum absolute atomic E-state index is 0. The first-order valence-corrected chi connectivity index (χ1v) is 7.35. The summed E-state index contributed by atoms with van der Waals surface area (Å²) in [5.74, 6) is -0.00335. The lowest BCUT2D eigenvalue weighted by Gasteiger charge is -2.24.